The van der Waals surface area contributed by atoms with Crippen LogP contribution in [-0.2, 0) is 4.79 Å². The summed E-state index contributed by atoms with van der Waals surface area (Å²) in [5.74, 6) is -0.0836. The topological polar surface area (TPSA) is 49.4 Å². The van der Waals surface area contributed by atoms with Crippen LogP contribution in [0.5, 0.6) is 0 Å². The number of carbonyl (C=O) groups is 2. The lowest BCUT2D eigenvalue weighted by molar-refractivity contribution is -0.118. The molecule has 1 fully saturated rings. The zero-order valence-electron chi connectivity index (χ0n) is 12.2. The molecule has 2 rings (SSSR count). The van der Waals surface area contributed by atoms with Crippen LogP contribution in [0.25, 0.3) is 0 Å². The first kappa shape index (κ1) is 14.7. The minimum absolute atomic E-state index is 0.0350. The largest absolute Gasteiger partial charge is 0.324 e. The van der Waals surface area contributed by atoms with Crippen molar-refractivity contribution >= 4 is 17.4 Å². The van der Waals surface area contributed by atoms with Gasteiger partial charge in [-0.15, -0.1) is 0 Å². The lowest BCUT2D eigenvalue weighted by Crippen LogP contribution is -2.42. The fourth-order valence-corrected chi connectivity index (χ4v) is 2.67. The van der Waals surface area contributed by atoms with E-state index in [1.807, 2.05) is 6.07 Å². The SMILES string of the molecule is CC(=O)c1ccccc1NC(=O)CN1CCCC[C@H]1C. The van der Waals surface area contributed by atoms with Crippen molar-refractivity contribution in [2.45, 2.75) is 39.2 Å². The summed E-state index contributed by atoms with van der Waals surface area (Å²) in [6.45, 7) is 5.05. The van der Waals surface area contributed by atoms with E-state index < -0.39 is 0 Å². The Morgan fingerprint density at radius 2 is 2.05 bits per heavy atom. The van der Waals surface area contributed by atoms with Crippen LogP contribution in [-0.4, -0.2) is 35.7 Å². The standard InChI is InChI=1S/C16H22N2O2/c1-12-7-5-6-10-18(12)11-16(20)17-15-9-4-3-8-14(15)13(2)19/h3-4,8-9,12H,5-7,10-11H2,1-2H3,(H,17,20)/t12-/m1/s1. The number of para-hydroxylation sites is 1. The van der Waals surface area contributed by atoms with Gasteiger partial charge in [-0.05, 0) is 45.4 Å². The molecule has 0 saturated carbocycles. The number of hydrogen-bond acceptors (Lipinski definition) is 3. The number of hydrogen-bond donors (Lipinski definition) is 1. The van der Waals surface area contributed by atoms with Crippen molar-refractivity contribution in [3.63, 3.8) is 0 Å². The Kier molecular flexibility index (Phi) is 4.90. The second-order valence-corrected chi connectivity index (χ2v) is 5.47. The van der Waals surface area contributed by atoms with Crippen LogP contribution in [0.2, 0.25) is 0 Å². The van der Waals surface area contributed by atoms with Crippen LogP contribution < -0.4 is 5.32 Å². The molecular formula is C16H22N2O2. The highest BCUT2D eigenvalue weighted by atomic mass is 16.2. The Balaban J connectivity index is 1.99. The Labute approximate surface area is 120 Å². The van der Waals surface area contributed by atoms with Crippen molar-refractivity contribution in [3.8, 4) is 0 Å². The van der Waals surface area contributed by atoms with Crippen molar-refractivity contribution in [2.24, 2.45) is 0 Å². The number of nitrogens with one attached hydrogen (secondary N) is 1. The number of benzene rings is 1. The van der Waals surface area contributed by atoms with Gasteiger partial charge in [0.15, 0.2) is 5.78 Å². The lowest BCUT2D eigenvalue weighted by atomic mass is 10.0. The molecule has 0 unspecified atom stereocenters. The van der Waals surface area contributed by atoms with Gasteiger partial charge in [-0.25, -0.2) is 0 Å². The number of piperidine rings is 1. The molecular weight excluding hydrogens is 252 g/mol. The first-order valence-electron chi connectivity index (χ1n) is 7.22. The molecule has 1 atom stereocenters. The Hall–Kier alpha value is -1.68. The van der Waals surface area contributed by atoms with Crippen LogP contribution in [0.15, 0.2) is 24.3 Å². The van der Waals surface area contributed by atoms with E-state index in [2.05, 4.69) is 17.1 Å². The van der Waals surface area contributed by atoms with Crippen LogP contribution >= 0.6 is 0 Å². The first-order chi connectivity index (χ1) is 9.58. The van der Waals surface area contributed by atoms with Crippen molar-refractivity contribution < 1.29 is 9.59 Å². The summed E-state index contributed by atoms with van der Waals surface area (Å²) >= 11 is 0. The summed E-state index contributed by atoms with van der Waals surface area (Å²) in [7, 11) is 0. The van der Waals surface area contributed by atoms with Crippen molar-refractivity contribution in [1.29, 1.82) is 0 Å². The predicted octanol–water partition coefficient (Wildman–Crippen LogP) is 2.70. The molecule has 0 spiro atoms. The van der Waals surface area contributed by atoms with Gasteiger partial charge < -0.3 is 5.32 Å². The molecule has 1 aliphatic heterocycles. The molecule has 1 aromatic carbocycles. The van der Waals surface area contributed by atoms with Gasteiger partial charge in [-0.3, -0.25) is 14.5 Å². The maximum atomic E-state index is 12.1. The molecule has 4 nitrogen and oxygen atoms in total. The number of anilines is 1. The van der Waals surface area contributed by atoms with Crippen molar-refractivity contribution in [2.75, 3.05) is 18.4 Å². The highest BCUT2D eigenvalue weighted by molar-refractivity contribution is 6.04. The predicted molar refractivity (Wildman–Crippen MR) is 80.0 cm³/mol. The Morgan fingerprint density at radius 1 is 1.30 bits per heavy atom. The van der Waals surface area contributed by atoms with E-state index in [1.165, 1.54) is 13.3 Å². The van der Waals surface area contributed by atoms with Crippen LogP contribution in [0, 0.1) is 0 Å². The third-order valence-electron chi connectivity index (χ3n) is 3.87. The molecule has 0 radical (unpaired) electrons. The summed E-state index contributed by atoms with van der Waals surface area (Å²) in [4.78, 5) is 25.9. The first-order valence-corrected chi connectivity index (χ1v) is 7.22. The van der Waals surface area contributed by atoms with E-state index in [-0.39, 0.29) is 11.7 Å². The third kappa shape index (κ3) is 3.67. The third-order valence-corrected chi connectivity index (χ3v) is 3.87. The highest BCUT2D eigenvalue weighted by Crippen LogP contribution is 2.18. The molecule has 1 aliphatic rings. The second kappa shape index (κ2) is 6.66. The molecule has 0 aromatic heterocycles. The minimum atomic E-state index is -0.0487. The highest BCUT2D eigenvalue weighted by Gasteiger charge is 2.21. The summed E-state index contributed by atoms with van der Waals surface area (Å²) in [6.07, 6.45) is 3.55. The summed E-state index contributed by atoms with van der Waals surface area (Å²) < 4.78 is 0. The van der Waals surface area contributed by atoms with Gasteiger partial charge in [0.25, 0.3) is 0 Å². The summed E-state index contributed by atoms with van der Waals surface area (Å²) in [5.41, 5.74) is 1.17. The number of amides is 1. The zero-order chi connectivity index (χ0) is 14.5. The van der Waals surface area contributed by atoms with Gasteiger partial charge in [0, 0.05) is 11.6 Å². The molecule has 20 heavy (non-hydrogen) atoms. The van der Waals surface area contributed by atoms with E-state index in [0.29, 0.717) is 23.8 Å². The average molecular weight is 274 g/mol. The van der Waals surface area contributed by atoms with Gasteiger partial charge in [0.05, 0.1) is 12.2 Å². The van der Waals surface area contributed by atoms with Gasteiger partial charge in [0.2, 0.25) is 5.91 Å². The molecule has 108 valence electrons. The molecule has 1 heterocycles. The molecule has 1 amide bonds. The Morgan fingerprint density at radius 3 is 2.75 bits per heavy atom. The van der Waals surface area contributed by atoms with Crippen molar-refractivity contribution in [1.82, 2.24) is 4.90 Å². The lowest BCUT2D eigenvalue weighted by Gasteiger charge is -2.32. The molecule has 1 aromatic rings. The number of likely N-dealkylation sites (tertiary alicyclic amines) is 1. The number of Topliss-reactive ketones (excluding diaryl/α,β-unsaturated/α-hetero) is 1. The van der Waals surface area contributed by atoms with Crippen LogP contribution in [0.1, 0.15) is 43.5 Å². The van der Waals surface area contributed by atoms with E-state index >= 15 is 0 Å². The number of carbonyl (C=O) groups excluding carboxylic acids is 2. The number of ketones is 1. The van der Waals surface area contributed by atoms with E-state index in [9.17, 15) is 9.59 Å². The van der Waals surface area contributed by atoms with Crippen LogP contribution in [0.3, 0.4) is 0 Å². The molecule has 0 bridgehead atoms. The van der Waals surface area contributed by atoms with E-state index in [4.69, 9.17) is 0 Å². The van der Waals surface area contributed by atoms with Crippen LogP contribution in [0.4, 0.5) is 5.69 Å². The monoisotopic (exact) mass is 274 g/mol. The fraction of sp³-hybridized carbons (Fsp3) is 0.500. The van der Waals surface area contributed by atoms with Gasteiger partial charge in [-0.2, -0.15) is 0 Å². The summed E-state index contributed by atoms with van der Waals surface area (Å²) in [5, 5.41) is 2.86. The quantitative estimate of drug-likeness (QED) is 0.859. The normalized spacial score (nSPS) is 19.6. The fourth-order valence-electron chi connectivity index (χ4n) is 2.67. The second-order valence-electron chi connectivity index (χ2n) is 5.47. The minimum Gasteiger partial charge on any atom is -0.324 e. The summed E-state index contributed by atoms with van der Waals surface area (Å²) in [6, 6.07) is 7.60. The zero-order valence-corrected chi connectivity index (χ0v) is 12.2. The maximum Gasteiger partial charge on any atom is 0.238 e. The van der Waals surface area contributed by atoms with Gasteiger partial charge in [-0.1, -0.05) is 18.6 Å². The molecule has 1 saturated heterocycles. The Bertz CT molecular complexity index is 499. The maximum absolute atomic E-state index is 12.1. The molecule has 1 N–H and O–H groups in total. The number of rotatable bonds is 4. The smallest absolute Gasteiger partial charge is 0.238 e. The van der Waals surface area contributed by atoms with E-state index in [1.54, 1.807) is 18.2 Å². The van der Waals surface area contributed by atoms with Crippen molar-refractivity contribution in [3.05, 3.63) is 29.8 Å². The van der Waals surface area contributed by atoms with Gasteiger partial charge >= 0.3 is 0 Å². The average Bonchev–Trinajstić information content (AvgIpc) is 2.41. The number of nitrogens with zero attached hydrogens (tertiary/aromatic N) is 1. The molecule has 0 aliphatic carbocycles. The molecule has 4 heteroatoms. The van der Waals surface area contributed by atoms with Gasteiger partial charge in [0.1, 0.15) is 0 Å². The van der Waals surface area contributed by atoms with E-state index in [0.717, 1.165) is 19.4 Å².